The Bertz CT molecular complexity index is 1240. The van der Waals surface area contributed by atoms with Gasteiger partial charge < -0.3 is 15.0 Å². The van der Waals surface area contributed by atoms with Crippen LogP contribution in [0.2, 0.25) is 5.02 Å². The number of ether oxygens (including phenoxy) is 1. The quantitative estimate of drug-likeness (QED) is 0.441. The number of benzene rings is 2. The van der Waals surface area contributed by atoms with Crippen LogP contribution in [0.15, 0.2) is 47.8 Å². The van der Waals surface area contributed by atoms with Crippen LogP contribution in [0.25, 0.3) is 0 Å². The van der Waals surface area contributed by atoms with E-state index in [9.17, 15) is 18.4 Å². The van der Waals surface area contributed by atoms with Gasteiger partial charge in [0.05, 0.1) is 10.0 Å². The molecule has 1 N–H and O–H groups in total. The molecule has 1 aliphatic heterocycles. The van der Waals surface area contributed by atoms with Crippen LogP contribution >= 0.6 is 22.9 Å². The Labute approximate surface area is 210 Å². The van der Waals surface area contributed by atoms with Crippen LogP contribution in [-0.4, -0.2) is 40.4 Å². The molecule has 6 nitrogen and oxygen atoms in total. The first-order valence-corrected chi connectivity index (χ1v) is 12.3. The number of carbonyl (C=O) groups excluding carboxylic acids is 2. The molecule has 2 aromatic carbocycles. The van der Waals surface area contributed by atoms with Crippen molar-refractivity contribution in [1.82, 2.24) is 9.88 Å². The number of hydrogen-bond acceptors (Lipinski definition) is 5. The van der Waals surface area contributed by atoms with E-state index in [1.165, 1.54) is 17.4 Å². The van der Waals surface area contributed by atoms with Crippen LogP contribution < -0.4 is 10.1 Å². The molecule has 1 saturated heterocycles. The summed E-state index contributed by atoms with van der Waals surface area (Å²) in [6.45, 7) is 4.52. The van der Waals surface area contributed by atoms with E-state index in [4.69, 9.17) is 16.3 Å². The molecule has 0 bridgehead atoms. The highest BCUT2D eigenvalue weighted by Crippen LogP contribution is 2.33. The summed E-state index contributed by atoms with van der Waals surface area (Å²) < 4.78 is 32.4. The highest BCUT2D eigenvalue weighted by atomic mass is 35.5. The standard InChI is InChI=1S/C25H24ClF2N3O3S/c1-25(2,34-21-6-4-3-5-17(21)26)24(33)31-11-9-15(10-12-31)23-30-20(14-35-23)22(32)29-16-7-8-18(27)19(28)13-16/h3-8,13-15H,9-12H2,1-2H3,(H,29,32). The molecule has 0 unspecified atom stereocenters. The summed E-state index contributed by atoms with van der Waals surface area (Å²) in [7, 11) is 0. The molecular formula is C25H24ClF2N3O3S. The van der Waals surface area contributed by atoms with Gasteiger partial charge in [0.25, 0.3) is 11.8 Å². The monoisotopic (exact) mass is 519 g/mol. The van der Waals surface area contributed by atoms with E-state index in [-0.39, 0.29) is 23.2 Å². The zero-order valence-corrected chi connectivity index (χ0v) is 20.8. The first-order valence-electron chi connectivity index (χ1n) is 11.1. The molecule has 3 aromatic rings. The summed E-state index contributed by atoms with van der Waals surface area (Å²) in [6, 6.07) is 10.2. The molecule has 0 aliphatic carbocycles. The van der Waals surface area contributed by atoms with Crippen molar-refractivity contribution in [3.63, 3.8) is 0 Å². The lowest BCUT2D eigenvalue weighted by atomic mass is 9.96. The number of nitrogens with one attached hydrogen (secondary N) is 1. The van der Waals surface area contributed by atoms with Crippen LogP contribution in [0.4, 0.5) is 14.5 Å². The fourth-order valence-electron chi connectivity index (χ4n) is 3.90. The number of piperidine rings is 1. The normalized spacial score (nSPS) is 14.6. The molecule has 2 heterocycles. The maximum absolute atomic E-state index is 13.4. The van der Waals surface area contributed by atoms with Crippen molar-refractivity contribution in [2.24, 2.45) is 0 Å². The lowest BCUT2D eigenvalue weighted by Gasteiger charge is -2.36. The largest absolute Gasteiger partial charge is 0.476 e. The van der Waals surface area contributed by atoms with Crippen molar-refractivity contribution in [1.29, 1.82) is 0 Å². The number of para-hydroxylation sites is 1. The van der Waals surface area contributed by atoms with E-state index in [0.717, 1.165) is 17.1 Å². The molecule has 0 saturated carbocycles. The molecule has 1 fully saturated rings. The predicted molar refractivity (Wildman–Crippen MR) is 131 cm³/mol. The van der Waals surface area contributed by atoms with Gasteiger partial charge in [-0.1, -0.05) is 23.7 Å². The number of anilines is 1. The summed E-state index contributed by atoms with van der Waals surface area (Å²) in [6.07, 6.45) is 1.40. The molecular weight excluding hydrogens is 496 g/mol. The number of amides is 2. The van der Waals surface area contributed by atoms with Crippen LogP contribution in [0, 0.1) is 11.6 Å². The number of halogens is 3. The first-order chi connectivity index (χ1) is 16.6. The van der Waals surface area contributed by atoms with Crippen LogP contribution in [0.3, 0.4) is 0 Å². The Morgan fingerprint density at radius 3 is 2.54 bits per heavy atom. The van der Waals surface area contributed by atoms with Gasteiger partial charge in [-0.3, -0.25) is 9.59 Å². The Balaban J connectivity index is 1.34. The van der Waals surface area contributed by atoms with Gasteiger partial charge in [-0.2, -0.15) is 0 Å². The summed E-state index contributed by atoms with van der Waals surface area (Å²) in [5, 5.41) is 5.42. The fourth-order valence-corrected chi connectivity index (χ4v) is 5.05. The minimum absolute atomic E-state index is 0.112. The van der Waals surface area contributed by atoms with Crippen molar-refractivity contribution in [3.05, 3.63) is 75.2 Å². The fraction of sp³-hybridized carbons (Fsp3) is 0.320. The van der Waals surface area contributed by atoms with Crippen LogP contribution in [0.5, 0.6) is 5.75 Å². The molecule has 2 amide bonds. The van der Waals surface area contributed by atoms with E-state index in [1.54, 1.807) is 48.4 Å². The third-order valence-corrected chi connectivity index (χ3v) is 7.10. The van der Waals surface area contributed by atoms with Crippen molar-refractivity contribution in [2.75, 3.05) is 18.4 Å². The lowest BCUT2D eigenvalue weighted by Crippen LogP contribution is -2.51. The van der Waals surface area contributed by atoms with E-state index >= 15 is 0 Å². The highest BCUT2D eigenvalue weighted by Gasteiger charge is 2.37. The smallest absolute Gasteiger partial charge is 0.275 e. The van der Waals surface area contributed by atoms with E-state index in [1.807, 2.05) is 0 Å². The van der Waals surface area contributed by atoms with Gasteiger partial charge >= 0.3 is 0 Å². The third kappa shape index (κ3) is 5.79. The zero-order chi connectivity index (χ0) is 25.2. The van der Waals surface area contributed by atoms with Gasteiger partial charge in [0.15, 0.2) is 17.2 Å². The Morgan fingerprint density at radius 2 is 1.86 bits per heavy atom. The number of nitrogens with zero attached hydrogens (tertiary/aromatic N) is 2. The molecule has 10 heteroatoms. The minimum atomic E-state index is -1.08. The average Bonchev–Trinajstić information content (AvgIpc) is 3.33. The predicted octanol–water partition coefficient (Wildman–Crippen LogP) is 5.89. The van der Waals surface area contributed by atoms with Gasteiger partial charge in [0, 0.05) is 36.1 Å². The molecule has 0 atom stereocenters. The van der Waals surface area contributed by atoms with Crippen LogP contribution in [0.1, 0.15) is 48.1 Å². The number of rotatable bonds is 6. The van der Waals surface area contributed by atoms with Crippen molar-refractivity contribution < 1.29 is 23.1 Å². The van der Waals surface area contributed by atoms with Gasteiger partial charge in [-0.15, -0.1) is 11.3 Å². The van der Waals surface area contributed by atoms with Crippen LogP contribution in [-0.2, 0) is 4.79 Å². The highest BCUT2D eigenvalue weighted by molar-refractivity contribution is 7.10. The zero-order valence-electron chi connectivity index (χ0n) is 19.2. The summed E-state index contributed by atoms with van der Waals surface area (Å²) in [5.74, 6) is -2.07. The second-order valence-electron chi connectivity index (χ2n) is 8.76. The first kappa shape index (κ1) is 25.1. The Kier molecular flexibility index (Phi) is 7.37. The lowest BCUT2D eigenvalue weighted by molar-refractivity contribution is -0.146. The summed E-state index contributed by atoms with van der Waals surface area (Å²) >= 11 is 7.54. The number of thiazole rings is 1. The Hall–Kier alpha value is -3.04. The van der Waals surface area contributed by atoms with Crippen molar-refractivity contribution >= 4 is 40.4 Å². The molecule has 0 spiro atoms. The van der Waals surface area contributed by atoms with Gasteiger partial charge in [0.2, 0.25) is 0 Å². The number of hydrogen-bond donors (Lipinski definition) is 1. The summed E-state index contributed by atoms with van der Waals surface area (Å²) in [4.78, 5) is 31.8. The summed E-state index contributed by atoms with van der Waals surface area (Å²) in [5.41, 5.74) is -0.719. The van der Waals surface area contributed by atoms with E-state index in [2.05, 4.69) is 10.3 Å². The molecule has 184 valence electrons. The van der Waals surface area contributed by atoms with Crippen molar-refractivity contribution in [3.8, 4) is 5.75 Å². The minimum Gasteiger partial charge on any atom is -0.476 e. The number of likely N-dealkylation sites (tertiary alicyclic amines) is 1. The average molecular weight is 520 g/mol. The second kappa shape index (κ2) is 10.3. The maximum Gasteiger partial charge on any atom is 0.275 e. The van der Waals surface area contributed by atoms with Gasteiger partial charge in [0.1, 0.15) is 11.4 Å². The molecule has 4 rings (SSSR count). The van der Waals surface area contributed by atoms with Gasteiger partial charge in [-0.25, -0.2) is 13.8 Å². The van der Waals surface area contributed by atoms with E-state index < -0.39 is 23.1 Å². The maximum atomic E-state index is 13.4. The molecule has 0 radical (unpaired) electrons. The number of aromatic nitrogens is 1. The molecule has 35 heavy (non-hydrogen) atoms. The van der Waals surface area contributed by atoms with Gasteiger partial charge in [-0.05, 0) is 51.0 Å². The third-order valence-electron chi connectivity index (χ3n) is 5.78. The molecule has 1 aliphatic rings. The van der Waals surface area contributed by atoms with Crippen molar-refractivity contribution in [2.45, 2.75) is 38.2 Å². The number of carbonyl (C=O) groups is 2. The molecule has 1 aromatic heterocycles. The Morgan fingerprint density at radius 1 is 1.14 bits per heavy atom. The second-order valence-corrected chi connectivity index (χ2v) is 10.1. The van der Waals surface area contributed by atoms with E-state index in [0.29, 0.717) is 36.7 Å². The topological polar surface area (TPSA) is 71.5 Å². The SMILES string of the molecule is CC(C)(Oc1ccccc1Cl)C(=O)N1CCC(c2nc(C(=O)Nc3ccc(F)c(F)c3)cs2)CC1.